The number of pyridine rings is 1. The number of anilines is 1. The summed E-state index contributed by atoms with van der Waals surface area (Å²) in [6, 6.07) is 3.34. The Morgan fingerprint density at radius 1 is 1.44 bits per heavy atom. The Kier molecular flexibility index (Phi) is 4.12. The van der Waals surface area contributed by atoms with Crippen molar-refractivity contribution in [1.82, 2.24) is 4.98 Å². The van der Waals surface area contributed by atoms with E-state index in [0.29, 0.717) is 6.42 Å². The Morgan fingerprint density at radius 3 is 2.62 bits per heavy atom. The topological polar surface area (TPSA) is 45.1 Å². The van der Waals surface area contributed by atoms with Crippen molar-refractivity contribution in [3.8, 4) is 0 Å². The Balaban J connectivity index is 2.82. The Morgan fingerprint density at radius 2 is 2.12 bits per heavy atom. The zero-order valence-electron chi connectivity index (χ0n) is 8.75. The minimum atomic E-state index is -4.45. The number of aliphatic hydroxyl groups excluding tert-OH is 1. The van der Waals surface area contributed by atoms with Gasteiger partial charge in [-0.3, -0.25) is 0 Å². The first-order valence-electron chi connectivity index (χ1n) is 4.89. The van der Waals surface area contributed by atoms with Gasteiger partial charge in [0.25, 0.3) is 0 Å². The van der Waals surface area contributed by atoms with Crippen LogP contribution in [0.5, 0.6) is 0 Å². The Hall–Kier alpha value is -1.30. The van der Waals surface area contributed by atoms with Crippen LogP contribution in [0.25, 0.3) is 0 Å². The molecule has 0 saturated carbocycles. The molecule has 1 heterocycles. The maximum atomic E-state index is 12.3. The van der Waals surface area contributed by atoms with Crippen molar-refractivity contribution in [1.29, 1.82) is 0 Å². The van der Waals surface area contributed by atoms with Gasteiger partial charge < -0.3 is 10.4 Å². The molecule has 0 spiro atoms. The van der Waals surface area contributed by atoms with Crippen molar-refractivity contribution in [2.45, 2.75) is 25.6 Å². The van der Waals surface area contributed by atoms with Gasteiger partial charge in [-0.2, -0.15) is 13.2 Å². The highest BCUT2D eigenvalue weighted by Crippen LogP contribution is 2.28. The zero-order valence-corrected chi connectivity index (χ0v) is 8.75. The third kappa shape index (κ3) is 3.37. The first kappa shape index (κ1) is 12.8. The SMILES string of the molecule is CC[C@@H](CO)Nc1cccc(C(F)(F)F)n1. The molecule has 0 unspecified atom stereocenters. The number of nitrogens with one attached hydrogen (secondary N) is 1. The molecule has 0 saturated heterocycles. The molecule has 0 fully saturated rings. The van der Waals surface area contributed by atoms with Crippen molar-refractivity contribution in [3.05, 3.63) is 23.9 Å². The smallest absolute Gasteiger partial charge is 0.394 e. The van der Waals surface area contributed by atoms with Gasteiger partial charge in [-0.05, 0) is 18.6 Å². The van der Waals surface area contributed by atoms with Crippen LogP contribution in [0.1, 0.15) is 19.0 Å². The van der Waals surface area contributed by atoms with Gasteiger partial charge in [0.15, 0.2) is 0 Å². The third-order valence-electron chi connectivity index (χ3n) is 2.10. The summed E-state index contributed by atoms with van der Waals surface area (Å²) >= 11 is 0. The van der Waals surface area contributed by atoms with Gasteiger partial charge in [0.05, 0.1) is 12.6 Å². The molecule has 3 nitrogen and oxygen atoms in total. The fraction of sp³-hybridized carbons (Fsp3) is 0.500. The molecule has 90 valence electrons. The van der Waals surface area contributed by atoms with Gasteiger partial charge in [-0.1, -0.05) is 13.0 Å². The molecule has 0 amide bonds. The molecule has 0 aliphatic heterocycles. The molecule has 16 heavy (non-hydrogen) atoms. The molecule has 2 N–H and O–H groups in total. The summed E-state index contributed by atoms with van der Waals surface area (Å²) in [7, 11) is 0. The van der Waals surface area contributed by atoms with Gasteiger partial charge >= 0.3 is 6.18 Å². The first-order chi connectivity index (χ1) is 7.47. The molecular weight excluding hydrogens is 221 g/mol. The number of aromatic nitrogens is 1. The monoisotopic (exact) mass is 234 g/mol. The number of hydrogen-bond donors (Lipinski definition) is 2. The van der Waals surface area contributed by atoms with Crippen LogP contribution in [-0.2, 0) is 6.18 Å². The highest BCUT2D eigenvalue weighted by molar-refractivity contribution is 5.37. The molecule has 1 aromatic heterocycles. The Labute approximate surface area is 91.3 Å². The van der Waals surface area contributed by atoms with Crippen LogP contribution in [0.3, 0.4) is 0 Å². The summed E-state index contributed by atoms with van der Waals surface area (Å²) in [6.45, 7) is 1.68. The van der Waals surface area contributed by atoms with E-state index in [1.54, 1.807) is 0 Å². The third-order valence-corrected chi connectivity index (χ3v) is 2.10. The van der Waals surface area contributed by atoms with Crippen LogP contribution in [0.4, 0.5) is 19.0 Å². The number of hydrogen-bond acceptors (Lipinski definition) is 3. The van der Waals surface area contributed by atoms with E-state index in [9.17, 15) is 13.2 Å². The molecule has 0 aromatic carbocycles. The maximum Gasteiger partial charge on any atom is 0.433 e. The lowest BCUT2D eigenvalue weighted by Crippen LogP contribution is -2.23. The standard InChI is InChI=1S/C10H13F3N2O/c1-2-7(6-16)14-9-5-3-4-8(15-9)10(11,12)13/h3-5,7,16H,2,6H2,1H3,(H,14,15)/t7-/m0/s1. The van der Waals surface area contributed by atoms with Gasteiger partial charge in [0, 0.05) is 0 Å². The number of halogens is 3. The summed E-state index contributed by atoms with van der Waals surface area (Å²) < 4.78 is 37.0. The summed E-state index contributed by atoms with van der Waals surface area (Å²) in [6.07, 6.45) is -3.84. The normalized spacial score (nSPS) is 13.6. The molecular formula is C10H13F3N2O. The van der Waals surface area contributed by atoms with Crippen LogP contribution in [0.15, 0.2) is 18.2 Å². The number of aliphatic hydroxyl groups is 1. The first-order valence-corrected chi connectivity index (χ1v) is 4.89. The average Bonchev–Trinajstić information content (AvgIpc) is 2.25. The largest absolute Gasteiger partial charge is 0.433 e. The van der Waals surface area contributed by atoms with Crippen LogP contribution in [0.2, 0.25) is 0 Å². The minimum absolute atomic E-state index is 0.121. The minimum Gasteiger partial charge on any atom is -0.394 e. The number of alkyl halides is 3. The lowest BCUT2D eigenvalue weighted by atomic mass is 10.2. The number of nitrogens with zero attached hydrogens (tertiary/aromatic N) is 1. The van der Waals surface area contributed by atoms with E-state index in [4.69, 9.17) is 5.11 Å². The second-order valence-corrected chi connectivity index (χ2v) is 3.34. The van der Waals surface area contributed by atoms with Gasteiger partial charge in [-0.25, -0.2) is 4.98 Å². The van der Waals surface area contributed by atoms with Crippen LogP contribution in [0, 0.1) is 0 Å². The van der Waals surface area contributed by atoms with Crippen molar-refractivity contribution in [2.24, 2.45) is 0 Å². The number of rotatable bonds is 4. The maximum absolute atomic E-state index is 12.3. The van der Waals surface area contributed by atoms with Gasteiger partial charge in [0.1, 0.15) is 11.5 Å². The fourth-order valence-electron chi connectivity index (χ4n) is 1.16. The van der Waals surface area contributed by atoms with Crippen molar-refractivity contribution in [3.63, 3.8) is 0 Å². The summed E-state index contributed by atoms with van der Waals surface area (Å²) in [5.74, 6) is 0.121. The quantitative estimate of drug-likeness (QED) is 0.840. The van der Waals surface area contributed by atoms with Crippen LogP contribution < -0.4 is 5.32 Å². The molecule has 0 bridgehead atoms. The van der Waals surface area contributed by atoms with Gasteiger partial charge in [0.2, 0.25) is 0 Å². The van der Waals surface area contributed by atoms with E-state index in [0.717, 1.165) is 6.07 Å². The van der Waals surface area contributed by atoms with E-state index in [1.165, 1.54) is 12.1 Å². The predicted octanol–water partition coefficient (Wildman–Crippen LogP) is 2.28. The molecule has 0 aliphatic carbocycles. The lowest BCUT2D eigenvalue weighted by Gasteiger charge is -2.15. The van der Waals surface area contributed by atoms with Crippen molar-refractivity contribution >= 4 is 5.82 Å². The van der Waals surface area contributed by atoms with Crippen molar-refractivity contribution in [2.75, 3.05) is 11.9 Å². The Bertz CT molecular complexity index is 337. The van der Waals surface area contributed by atoms with E-state index in [1.807, 2.05) is 6.92 Å². The molecule has 6 heteroatoms. The predicted molar refractivity (Wildman–Crippen MR) is 54.0 cm³/mol. The van der Waals surface area contributed by atoms with E-state index in [-0.39, 0.29) is 18.5 Å². The summed E-state index contributed by atoms with van der Waals surface area (Å²) in [5.41, 5.74) is -0.940. The zero-order chi connectivity index (χ0) is 12.2. The molecule has 0 aliphatic rings. The van der Waals surface area contributed by atoms with Crippen LogP contribution in [-0.4, -0.2) is 22.7 Å². The van der Waals surface area contributed by atoms with Gasteiger partial charge in [-0.15, -0.1) is 0 Å². The summed E-state index contributed by atoms with van der Waals surface area (Å²) in [5, 5.41) is 11.6. The fourth-order valence-corrected chi connectivity index (χ4v) is 1.16. The van der Waals surface area contributed by atoms with E-state index in [2.05, 4.69) is 10.3 Å². The highest BCUT2D eigenvalue weighted by Gasteiger charge is 2.32. The lowest BCUT2D eigenvalue weighted by molar-refractivity contribution is -0.141. The molecule has 1 aromatic rings. The van der Waals surface area contributed by atoms with Crippen LogP contribution >= 0.6 is 0 Å². The molecule has 0 radical (unpaired) electrons. The molecule has 1 rings (SSSR count). The molecule has 1 atom stereocenters. The second kappa shape index (κ2) is 5.16. The van der Waals surface area contributed by atoms with E-state index >= 15 is 0 Å². The van der Waals surface area contributed by atoms with Crippen molar-refractivity contribution < 1.29 is 18.3 Å². The summed E-state index contributed by atoms with van der Waals surface area (Å²) in [4.78, 5) is 3.43. The average molecular weight is 234 g/mol. The highest BCUT2D eigenvalue weighted by atomic mass is 19.4. The second-order valence-electron chi connectivity index (χ2n) is 3.34. The van der Waals surface area contributed by atoms with E-state index < -0.39 is 11.9 Å².